The van der Waals surface area contributed by atoms with Gasteiger partial charge in [0, 0.05) is 30.7 Å². The first-order valence-corrected chi connectivity index (χ1v) is 9.46. The molecule has 1 N–H and O–H groups in total. The van der Waals surface area contributed by atoms with Crippen molar-refractivity contribution in [3.8, 4) is 0 Å². The molecule has 0 aliphatic carbocycles. The minimum absolute atomic E-state index is 0.0386. The predicted molar refractivity (Wildman–Crippen MR) is 108 cm³/mol. The summed E-state index contributed by atoms with van der Waals surface area (Å²) in [5, 5.41) is 3.05. The average Bonchev–Trinajstić information content (AvgIpc) is 2.61. The zero-order valence-corrected chi connectivity index (χ0v) is 16.2. The molecule has 3 rings (SSSR count). The second-order valence-electron chi connectivity index (χ2n) is 8.34. The minimum Gasteiger partial charge on any atom is -0.371 e. The number of anilines is 2. The number of benzene rings is 1. The van der Waals surface area contributed by atoms with Crippen molar-refractivity contribution in [2.45, 2.75) is 46.0 Å². The molecule has 4 heteroatoms. The van der Waals surface area contributed by atoms with Crippen LogP contribution in [0.5, 0.6) is 0 Å². The Morgan fingerprint density at radius 3 is 2.73 bits per heavy atom. The van der Waals surface area contributed by atoms with Gasteiger partial charge in [0.25, 0.3) is 5.91 Å². The third-order valence-corrected chi connectivity index (χ3v) is 4.98. The molecular weight excluding hydrogens is 322 g/mol. The molecule has 1 aromatic carbocycles. The lowest BCUT2D eigenvalue weighted by Gasteiger charge is -2.32. The lowest BCUT2D eigenvalue weighted by atomic mass is 9.86. The predicted octanol–water partition coefficient (Wildman–Crippen LogP) is 4.87. The summed E-state index contributed by atoms with van der Waals surface area (Å²) in [5.41, 5.74) is 3.48. The molecule has 1 aliphatic heterocycles. The Morgan fingerprint density at radius 2 is 2.00 bits per heavy atom. The number of aromatic nitrogens is 1. The Bertz CT molecular complexity index is 779. The summed E-state index contributed by atoms with van der Waals surface area (Å²) >= 11 is 0. The van der Waals surface area contributed by atoms with E-state index in [4.69, 9.17) is 0 Å². The number of hydrogen-bond acceptors (Lipinski definition) is 3. The molecule has 26 heavy (non-hydrogen) atoms. The van der Waals surface area contributed by atoms with Gasteiger partial charge in [-0.15, -0.1) is 0 Å². The van der Waals surface area contributed by atoms with Crippen LogP contribution < -0.4 is 10.2 Å². The van der Waals surface area contributed by atoms with Gasteiger partial charge in [0.05, 0.1) is 0 Å². The summed E-state index contributed by atoms with van der Waals surface area (Å²) in [6.45, 7) is 10.8. The third kappa shape index (κ3) is 4.24. The van der Waals surface area contributed by atoms with Crippen LogP contribution in [0.2, 0.25) is 0 Å². The molecule has 1 saturated heterocycles. The smallest absolute Gasteiger partial charge is 0.274 e. The second-order valence-corrected chi connectivity index (χ2v) is 8.34. The normalized spacial score (nSPS) is 17.8. The SMILES string of the molecule is CC1CCCN(c2ccnc(C(=O)Nc3ccccc3C(C)(C)C)c2)C1. The van der Waals surface area contributed by atoms with E-state index in [9.17, 15) is 4.79 Å². The number of carbonyl (C=O) groups is 1. The molecule has 4 nitrogen and oxygen atoms in total. The number of pyridine rings is 1. The first kappa shape index (κ1) is 18.4. The van der Waals surface area contributed by atoms with E-state index in [0.717, 1.165) is 30.0 Å². The summed E-state index contributed by atoms with van der Waals surface area (Å²) in [7, 11) is 0. The fraction of sp³-hybridized carbons (Fsp3) is 0.455. The van der Waals surface area contributed by atoms with E-state index in [1.807, 2.05) is 30.3 Å². The molecule has 0 saturated carbocycles. The number of rotatable bonds is 3. The van der Waals surface area contributed by atoms with E-state index in [2.05, 4.69) is 49.0 Å². The van der Waals surface area contributed by atoms with Crippen LogP contribution in [0.1, 0.15) is 56.6 Å². The molecule has 138 valence electrons. The third-order valence-electron chi connectivity index (χ3n) is 4.98. The highest BCUT2D eigenvalue weighted by Gasteiger charge is 2.21. The average molecular weight is 351 g/mol. The highest BCUT2D eigenvalue weighted by molar-refractivity contribution is 6.03. The van der Waals surface area contributed by atoms with Crippen LogP contribution in [-0.4, -0.2) is 24.0 Å². The Labute approximate surface area is 156 Å². The molecule has 1 fully saturated rings. The molecule has 1 amide bonds. The number of piperidine rings is 1. The Kier molecular flexibility index (Phi) is 5.30. The quantitative estimate of drug-likeness (QED) is 0.858. The molecule has 1 atom stereocenters. The maximum Gasteiger partial charge on any atom is 0.274 e. The number of amides is 1. The molecule has 1 aromatic heterocycles. The van der Waals surface area contributed by atoms with Crippen LogP contribution in [0.3, 0.4) is 0 Å². The van der Waals surface area contributed by atoms with Gasteiger partial charge in [-0.2, -0.15) is 0 Å². The lowest BCUT2D eigenvalue weighted by Crippen LogP contribution is -2.34. The topological polar surface area (TPSA) is 45.2 Å². The number of nitrogens with one attached hydrogen (secondary N) is 1. The molecule has 2 heterocycles. The maximum absolute atomic E-state index is 12.8. The van der Waals surface area contributed by atoms with Gasteiger partial charge in [-0.3, -0.25) is 9.78 Å². The van der Waals surface area contributed by atoms with Crippen molar-refractivity contribution in [2.24, 2.45) is 5.92 Å². The Morgan fingerprint density at radius 1 is 1.23 bits per heavy atom. The zero-order chi connectivity index (χ0) is 18.7. The van der Waals surface area contributed by atoms with E-state index in [1.165, 1.54) is 12.8 Å². The molecule has 0 radical (unpaired) electrons. The van der Waals surface area contributed by atoms with Crippen LogP contribution in [0.15, 0.2) is 42.6 Å². The van der Waals surface area contributed by atoms with Gasteiger partial charge in [-0.05, 0) is 47.9 Å². The van der Waals surface area contributed by atoms with Crippen LogP contribution in [-0.2, 0) is 5.41 Å². The molecular formula is C22H29N3O. The van der Waals surface area contributed by atoms with Crippen molar-refractivity contribution < 1.29 is 4.79 Å². The molecule has 0 spiro atoms. The second kappa shape index (κ2) is 7.48. The summed E-state index contributed by atoms with van der Waals surface area (Å²) in [4.78, 5) is 19.5. The first-order chi connectivity index (χ1) is 12.3. The Hall–Kier alpha value is -2.36. The van der Waals surface area contributed by atoms with Gasteiger partial charge in [-0.25, -0.2) is 0 Å². The van der Waals surface area contributed by atoms with Crippen molar-refractivity contribution in [1.82, 2.24) is 4.98 Å². The van der Waals surface area contributed by atoms with Gasteiger partial charge in [0.15, 0.2) is 0 Å². The number of hydrogen-bond donors (Lipinski definition) is 1. The van der Waals surface area contributed by atoms with E-state index < -0.39 is 0 Å². The van der Waals surface area contributed by atoms with Crippen molar-refractivity contribution in [1.29, 1.82) is 0 Å². The molecule has 0 bridgehead atoms. The van der Waals surface area contributed by atoms with E-state index in [-0.39, 0.29) is 11.3 Å². The summed E-state index contributed by atoms with van der Waals surface area (Å²) in [6.07, 6.45) is 4.21. The molecule has 1 aliphatic rings. The Balaban J connectivity index is 1.80. The largest absolute Gasteiger partial charge is 0.371 e. The molecule has 2 aromatic rings. The number of carbonyl (C=O) groups excluding carboxylic acids is 1. The highest BCUT2D eigenvalue weighted by Crippen LogP contribution is 2.29. The number of para-hydroxylation sites is 1. The van der Waals surface area contributed by atoms with Crippen molar-refractivity contribution in [2.75, 3.05) is 23.3 Å². The summed E-state index contributed by atoms with van der Waals surface area (Å²) < 4.78 is 0. The van der Waals surface area contributed by atoms with Crippen LogP contribution in [0.25, 0.3) is 0 Å². The van der Waals surface area contributed by atoms with Crippen LogP contribution in [0.4, 0.5) is 11.4 Å². The highest BCUT2D eigenvalue weighted by atomic mass is 16.1. The summed E-state index contributed by atoms with van der Waals surface area (Å²) in [5.74, 6) is 0.529. The minimum atomic E-state index is -0.159. The van der Waals surface area contributed by atoms with Crippen LogP contribution >= 0.6 is 0 Å². The van der Waals surface area contributed by atoms with Crippen LogP contribution in [0, 0.1) is 5.92 Å². The fourth-order valence-electron chi connectivity index (χ4n) is 3.60. The fourth-order valence-corrected chi connectivity index (χ4v) is 3.60. The number of nitrogens with zero attached hydrogens (tertiary/aromatic N) is 2. The van der Waals surface area contributed by atoms with Gasteiger partial charge < -0.3 is 10.2 Å². The summed E-state index contributed by atoms with van der Waals surface area (Å²) in [6, 6.07) is 11.9. The van der Waals surface area contributed by atoms with Crippen molar-refractivity contribution >= 4 is 17.3 Å². The monoisotopic (exact) mass is 351 g/mol. The zero-order valence-electron chi connectivity index (χ0n) is 16.2. The lowest BCUT2D eigenvalue weighted by molar-refractivity contribution is 0.102. The van der Waals surface area contributed by atoms with E-state index >= 15 is 0 Å². The van der Waals surface area contributed by atoms with Gasteiger partial charge in [0.2, 0.25) is 0 Å². The van der Waals surface area contributed by atoms with Crippen molar-refractivity contribution in [3.05, 3.63) is 53.9 Å². The van der Waals surface area contributed by atoms with Crippen molar-refractivity contribution in [3.63, 3.8) is 0 Å². The van der Waals surface area contributed by atoms with Gasteiger partial charge in [0.1, 0.15) is 5.69 Å². The van der Waals surface area contributed by atoms with E-state index in [0.29, 0.717) is 11.6 Å². The molecule has 1 unspecified atom stereocenters. The van der Waals surface area contributed by atoms with Gasteiger partial charge in [-0.1, -0.05) is 45.9 Å². The van der Waals surface area contributed by atoms with E-state index in [1.54, 1.807) is 6.20 Å². The standard InChI is InChI=1S/C22H29N3O/c1-16-8-7-13-25(15-16)17-11-12-23-20(14-17)21(26)24-19-10-6-5-9-18(19)22(2,3)4/h5-6,9-12,14,16H,7-8,13,15H2,1-4H3,(H,24,26). The maximum atomic E-state index is 12.8. The van der Waals surface area contributed by atoms with Gasteiger partial charge >= 0.3 is 0 Å². The first-order valence-electron chi connectivity index (χ1n) is 9.46.